The summed E-state index contributed by atoms with van der Waals surface area (Å²) < 4.78 is 27.8. The smallest absolute Gasteiger partial charge is 0.264 e. The van der Waals surface area contributed by atoms with Crippen LogP contribution in [0.5, 0.6) is 0 Å². The van der Waals surface area contributed by atoms with Crippen molar-refractivity contribution in [2.24, 2.45) is 0 Å². The van der Waals surface area contributed by atoms with Crippen LogP contribution in [0.2, 0.25) is 5.02 Å². The summed E-state index contributed by atoms with van der Waals surface area (Å²) in [4.78, 5) is 12.9. The fourth-order valence-electron chi connectivity index (χ4n) is 3.56. The molecule has 1 aliphatic heterocycles. The van der Waals surface area contributed by atoms with Gasteiger partial charge >= 0.3 is 0 Å². The highest BCUT2D eigenvalue weighted by Gasteiger charge is 2.29. The van der Waals surface area contributed by atoms with Gasteiger partial charge in [0.25, 0.3) is 15.9 Å². The molecule has 3 aromatic carbocycles. The number of amides is 1. The van der Waals surface area contributed by atoms with Gasteiger partial charge in [-0.05, 0) is 73.9 Å². The second kappa shape index (κ2) is 8.13. The number of halogens is 1. The molecule has 4 rings (SSSR count). The third-order valence-electron chi connectivity index (χ3n) is 5.11. The molecule has 0 saturated carbocycles. The van der Waals surface area contributed by atoms with Crippen LogP contribution in [0.25, 0.3) is 0 Å². The van der Waals surface area contributed by atoms with Gasteiger partial charge in [0.2, 0.25) is 0 Å². The molecule has 0 aliphatic carbocycles. The monoisotopic (exact) mass is 440 g/mol. The molecule has 1 heterocycles. The van der Waals surface area contributed by atoms with E-state index in [-0.39, 0.29) is 10.8 Å². The quantitative estimate of drug-likeness (QED) is 0.617. The van der Waals surface area contributed by atoms with E-state index in [2.05, 4.69) is 5.32 Å². The molecule has 5 nitrogen and oxygen atoms in total. The van der Waals surface area contributed by atoms with Gasteiger partial charge in [-0.25, -0.2) is 8.42 Å². The molecule has 1 aliphatic rings. The van der Waals surface area contributed by atoms with Crippen molar-refractivity contribution < 1.29 is 13.2 Å². The van der Waals surface area contributed by atoms with E-state index in [1.807, 2.05) is 6.92 Å². The standard InChI is InChI=1S/C23H21ClN2O3S/c1-16-7-10-21(11-8-16)30(28,29)26-13-3-4-17-14-18(9-12-22(17)26)23(27)25-20-6-2-5-19(24)15-20/h2,5-12,14-15H,3-4,13H2,1H3,(H,25,27). The number of fused-ring (bicyclic) bond motifs is 1. The third-order valence-corrected chi connectivity index (χ3v) is 7.17. The average molecular weight is 441 g/mol. The van der Waals surface area contributed by atoms with Crippen LogP contribution < -0.4 is 9.62 Å². The van der Waals surface area contributed by atoms with Gasteiger partial charge in [-0.2, -0.15) is 0 Å². The molecule has 0 atom stereocenters. The molecule has 1 amide bonds. The first-order valence-electron chi connectivity index (χ1n) is 9.64. The highest BCUT2D eigenvalue weighted by molar-refractivity contribution is 7.92. The summed E-state index contributed by atoms with van der Waals surface area (Å²) in [6, 6.07) is 18.9. The number of anilines is 2. The summed E-state index contributed by atoms with van der Waals surface area (Å²) in [5.41, 5.74) is 3.55. The predicted octanol–water partition coefficient (Wildman–Crippen LogP) is 5.04. The molecule has 0 fully saturated rings. The Morgan fingerprint density at radius 3 is 2.53 bits per heavy atom. The number of carbonyl (C=O) groups is 1. The van der Waals surface area contributed by atoms with Crippen molar-refractivity contribution in [2.75, 3.05) is 16.2 Å². The fraction of sp³-hybridized carbons (Fsp3) is 0.174. The number of hydrogen-bond donors (Lipinski definition) is 1. The van der Waals surface area contributed by atoms with E-state index in [1.165, 1.54) is 4.31 Å². The molecule has 0 radical (unpaired) electrons. The SMILES string of the molecule is Cc1ccc(S(=O)(=O)N2CCCc3cc(C(=O)Nc4cccc(Cl)c4)ccc32)cc1. The van der Waals surface area contributed by atoms with Gasteiger partial charge in [0.1, 0.15) is 0 Å². The first-order valence-corrected chi connectivity index (χ1v) is 11.5. The Morgan fingerprint density at radius 2 is 1.80 bits per heavy atom. The van der Waals surface area contributed by atoms with Crippen LogP contribution in [0.4, 0.5) is 11.4 Å². The maximum Gasteiger partial charge on any atom is 0.264 e. The minimum Gasteiger partial charge on any atom is -0.322 e. The maximum absolute atomic E-state index is 13.2. The average Bonchev–Trinajstić information content (AvgIpc) is 2.73. The topological polar surface area (TPSA) is 66.5 Å². The van der Waals surface area contributed by atoms with E-state index in [4.69, 9.17) is 11.6 Å². The third kappa shape index (κ3) is 4.06. The lowest BCUT2D eigenvalue weighted by Crippen LogP contribution is -2.35. The molecule has 0 unspecified atom stereocenters. The van der Waals surface area contributed by atoms with Crippen molar-refractivity contribution in [2.45, 2.75) is 24.7 Å². The molecule has 154 valence electrons. The Kier molecular flexibility index (Phi) is 5.54. The maximum atomic E-state index is 13.2. The van der Waals surface area contributed by atoms with Crippen LogP contribution in [0.15, 0.2) is 71.6 Å². The van der Waals surface area contributed by atoms with Gasteiger partial charge in [-0.1, -0.05) is 35.4 Å². The van der Waals surface area contributed by atoms with Gasteiger partial charge < -0.3 is 5.32 Å². The van der Waals surface area contributed by atoms with Gasteiger partial charge in [0.15, 0.2) is 0 Å². The number of carbonyl (C=O) groups excluding carboxylic acids is 1. The zero-order valence-corrected chi connectivity index (χ0v) is 18.0. The molecular weight excluding hydrogens is 420 g/mol. The largest absolute Gasteiger partial charge is 0.322 e. The van der Waals surface area contributed by atoms with Crippen LogP contribution in [0.1, 0.15) is 27.9 Å². The van der Waals surface area contributed by atoms with Gasteiger partial charge in [0, 0.05) is 22.8 Å². The van der Waals surface area contributed by atoms with Crippen LogP contribution in [-0.2, 0) is 16.4 Å². The van der Waals surface area contributed by atoms with Crippen molar-refractivity contribution in [3.63, 3.8) is 0 Å². The zero-order valence-electron chi connectivity index (χ0n) is 16.4. The minimum atomic E-state index is -3.66. The summed E-state index contributed by atoms with van der Waals surface area (Å²) in [5.74, 6) is -0.265. The van der Waals surface area contributed by atoms with E-state index in [0.717, 1.165) is 11.1 Å². The van der Waals surface area contributed by atoms with Gasteiger partial charge in [0.05, 0.1) is 10.6 Å². The number of sulfonamides is 1. The van der Waals surface area contributed by atoms with E-state index >= 15 is 0 Å². The first kappa shape index (κ1) is 20.4. The lowest BCUT2D eigenvalue weighted by molar-refractivity contribution is 0.102. The van der Waals surface area contributed by atoms with Crippen molar-refractivity contribution in [3.8, 4) is 0 Å². The molecular formula is C23H21ClN2O3S. The lowest BCUT2D eigenvalue weighted by atomic mass is 10.0. The predicted molar refractivity (Wildman–Crippen MR) is 120 cm³/mol. The van der Waals surface area contributed by atoms with E-state index in [9.17, 15) is 13.2 Å². The van der Waals surface area contributed by atoms with Gasteiger partial charge in [-0.15, -0.1) is 0 Å². The van der Waals surface area contributed by atoms with Crippen LogP contribution in [0, 0.1) is 6.92 Å². The molecule has 0 bridgehead atoms. The van der Waals surface area contributed by atoms with E-state index < -0.39 is 10.0 Å². The molecule has 3 aromatic rings. The second-order valence-corrected chi connectivity index (χ2v) is 9.60. The van der Waals surface area contributed by atoms with Crippen LogP contribution in [0.3, 0.4) is 0 Å². The normalized spacial score (nSPS) is 13.6. The summed E-state index contributed by atoms with van der Waals surface area (Å²) in [6.07, 6.45) is 1.41. The summed E-state index contributed by atoms with van der Waals surface area (Å²) in [6.45, 7) is 2.33. The van der Waals surface area contributed by atoms with Crippen LogP contribution in [-0.4, -0.2) is 20.9 Å². The summed E-state index contributed by atoms with van der Waals surface area (Å²) >= 11 is 5.97. The zero-order chi connectivity index (χ0) is 21.3. The Bertz CT molecular complexity index is 1210. The molecule has 30 heavy (non-hydrogen) atoms. The highest BCUT2D eigenvalue weighted by Crippen LogP contribution is 2.33. The molecule has 0 aromatic heterocycles. The number of nitrogens with one attached hydrogen (secondary N) is 1. The minimum absolute atomic E-state index is 0.265. The number of nitrogens with zero attached hydrogens (tertiary/aromatic N) is 1. The molecule has 0 saturated heterocycles. The number of rotatable bonds is 4. The Labute approximate surface area is 181 Å². The summed E-state index contributed by atoms with van der Waals surface area (Å²) in [5, 5.41) is 3.36. The van der Waals surface area contributed by atoms with Crippen molar-refractivity contribution in [1.29, 1.82) is 0 Å². The highest BCUT2D eigenvalue weighted by atomic mass is 35.5. The van der Waals surface area contributed by atoms with Crippen LogP contribution >= 0.6 is 11.6 Å². The molecule has 7 heteroatoms. The van der Waals surface area contributed by atoms with Crippen molar-refractivity contribution >= 4 is 38.9 Å². The molecule has 1 N–H and O–H groups in total. The van der Waals surface area contributed by atoms with Gasteiger partial charge in [-0.3, -0.25) is 9.10 Å². The molecule has 0 spiro atoms. The second-order valence-electron chi connectivity index (χ2n) is 7.30. The lowest BCUT2D eigenvalue weighted by Gasteiger charge is -2.30. The number of aryl methyl sites for hydroxylation is 2. The Hall–Kier alpha value is -2.83. The number of benzene rings is 3. The first-order chi connectivity index (χ1) is 14.3. The fourth-order valence-corrected chi connectivity index (χ4v) is 5.29. The van der Waals surface area contributed by atoms with Crippen molar-refractivity contribution in [3.05, 3.63) is 88.4 Å². The summed E-state index contributed by atoms with van der Waals surface area (Å²) in [7, 11) is -3.66. The number of hydrogen-bond acceptors (Lipinski definition) is 3. The Morgan fingerprint density at radius 1 is 1.03 bits per heavy atom. The van der Waals surface area contributed by atoms with E-state index in [0.29, 0.717) is 41.3 Å². The Balaban J connectivity index is 1.62. The van der Waals surface area contributed by atoms with E-state index in [1.54, 1.807) is 66.7 Å². The van der Waals surface area contributed by atoms with Crippen molar-refractivity contribution in [1.82, 2.24) is 0 Å².